The van der Waals surface area contributed by atoms with Crippen LogP contribution in [0.2, 0.25) is 0 Å². The minimum Gasteiger partial charge on any atom is -0.508 e. The van der Waals surface area contributed by atoms with Gasteiger partial charge in [0.1, 0.15) is 28.7 Å². The lowest BCUT2D eigenvalue weighted by atomic mass is 10.1. The van der Waals surface area contributed by atoms with Crippen LogP contribution in [0, 0.1) is 0 Å². The van der Waals surface area contributed by atoms with Crippen LogP contribution in [0.1, 0.15) is 84.3 Å². The van der Waals surface area contributed by atoms with Gasteiger partial charge in [-0.25, -0.2) is 0 Å². The van der Waals surface area contributed by atoms with Gasteiger partial charge >= 0.3 is 0 Å². The summed E-state index contributed by atoms with van der Waals surface area (Å²) < 4.78 is 137. The van der Waals surface area contributed by atoms with Gasteiger partial charge in [-0.3, -0.25) is 0 Å². The first-order valence-corrected chi connectivity index (χ1v) is 17.4. The molecule has 15 N–H and O–H groups in total. The molecule has 15 nitrogen and oxygen atoms in total. The zero-order valence-corrected chi connectivity index (χ0v) is 32.5. The smallest absolute Gasteiger partial charge is 0.115 e. The number of hydrogen-bond donors (Lipinski definition) is 15. The van der Waals surface area contributed by atoms with Crippen molar-refractivity contribution in [2.75, 3.05) is 67.6 Å². The predicted octanol–water partition coefficient (Wildman–Crippen LogP) is 3.22. The van der Waals surface area contributed by atoms with Gasteiger partial charge in [-0.1, -0.05) is 60.7 Å². The molecular formula is C45H65N5O10. The molecule has 0 radical (unpaired) electrons. The molecule has 15 heteroatoms. The van der Waals surface area contributed by atoms with E-state index >= 15 is 0 Å². The third-order valence-electron chi connectivity index (χ3n) is 7.02. The first kappa shape index (κ1) is 29.0. The molecule has 5 aromatic carbocycles. The van der Waals surface area contributed by atoms with Crippen molar-refractivity contribution in [1.29, 1.82) is 0 Å². The van der Waals surface area contributed by atoms with Crippen LogP contribution < -0.4 is 26.6 Å². The van der Waals surface area contributed by atoms with Crippen LogP contribution in [-0.4, -0.2) is 119 Å². The highest BCUT2D eigenvalue weighted by Crippen LogP contribution is 2.20. The third-order valence-corrected chi connectivity index (χ3v) is 7.02. The third kappa shape index (κ3) is 22.2. The average molecular weight is 855 g/mol. The average Bonchev–Trinajstić information content (AvgIpc) is 3.30. The number of rotatable bonds is 15. The second-order valence-electron chi connectivity index (χ2n) is 11.6. The minimum absolute atomic E-state index is 0.0122. The monoisotopic (exact) mass is 855 g/mol. The Morgan fingerprint density at radius 1 is 0.417 bits per heavy atom. The molecule has 0 amide bonds. The van der Waals surface area contributed by atoms with E-state index in [9.17, 15) is 46.0 Å². The summed E-state index contributed by atoms with van der Waals surface area (Å²) in [6, 6.07) is 27.1. The van der Waals surface area contributed by atoms with E-state index in [1.165, 1.54) is 104 Å². The zero-order chi connectivity index (χ0) is 61.4. The molecule has 0 aliphatic rings. The second-order valence-corrected chi connectivity index (χ2v) is 11.6. The van der Waals surface area contributed by atoms with E-state index in [0.717, 1.165) is 12.1 Å². The lowest BCUT2D eigenvalue weighted by molar-refractivity contribution is 0.177. The normalized spacial score (nSPS) is 20.9. The molecule has 0 aliphatic heterocycles. The molecule has 0 saturated carbocycles. The Morgan fingerprint density at radius 3 is 1.05 bits per heavy atom. The van der Waals surface area contributed by atoms with E-state index in [-0.39, 0.29) is 57.5 Å². The fourth-order valence-corrected chi connectivity index (χ4v) is 4.30. The first-order chi connectivity index (χ1) is 35.6. The highest BCUT2D eigenvalue weighted by molar-refractivity contribution is 5.31. The Balaban J connectivity index is 0.000000496. The molecule has 330 valence electrons. The molecular weight excluding hydrogens is 771 g/mol. The van der Waals surface area contributed by atoms with Gasteiger partial charge in [-0.15, -0.1) is 0 Å². The molecule has 5 aromatic rings. The van der Waals surface area contributed by atoms with Gasteiger partial charge in [-0.2, -0.15) is 0 Å². The van der Waals surface area contributed by atoms with Gasteiger partial charge < -0.3 is 77.6 Å². The van der Waals surface area contributed by atoms with E-state index in [1.807, 2.05) is 0 Å². The summed E-state index contributed by atoms with van der Waals surface area (Å²) >= 11 is 0. The van der Waals surface area contributed by atoms with Crippen LogP contribution in [0.25, 0.3) is 0 Å². The topological polar surface area (TPSA) is 262 Å². The molecule has 0 fully saturated rings. The van der Waals surface area contributed by atoms with Crippen molar-refractivity contribution in [2.45, 2.75) is 30.4 Å². The van der Waals surface area contributed by atoms with Gasteiger partial charge in [0.2, 0.25) is 0 Å². The largest absolute Gasteiger partial charge is 0.508 e. The Morgan fingerprint density at radius 2 is 0.717 bits per heavy atom. The summed E-state index contributed by atoms with van der Waals surface area (Å²) in [5.74, 6) is -0.546. The van der Waals surface area contributed by atoms with Crippen molar-refractivity contribution < 1.29 is 77.1 Å². The quantitative estimate of drug-likeness (QED) is 0.0721. The summed E-state index contributed by atoms with van der Waals surface area (Å²) in [7, 11) is 2.96. The number of hydrogen-bond acceptors (Lipinski definition) is 15. The van der Waals surface area contributed by atoms with Crippen LogP contribution in [0.3, 0.4) is 0 Å². The highest BCUT2D eigenvalue weighted by atomic mass is 16.3. The summed E-state index contributed by atoms with van der Waals surface area (Å²) in [5.41, 5.74) is 0.323. The molecule has 5 rings (SSSR count). The number of aromatic hydroxyl groups is 5. The maximum Gasteiger partial charge on any atom is 0.115 e. The van der Waals surface area contributed by atoms with Crippen LogP contribution in [0.4, 0.5) is 0 Å². The molecule has 0 aromatic heterocycles. The summed E-state index contributed by atoms with van der Waals surface area (Å²) in [5, 5.41) is 105. The van der Waals surface area contributed by atoms with Gasteiger partial charge in [0.15, 0.2) is 0 Å². The summed E-state index contributed by atoms with van der Waals surface area (Å²) in [6.45, 7) is -16.1. The number of aliphatic hydroxyl groups is 5. The van der Waals surface area contributed by atoms with Crippen LogP contribution in [-0.2, 0) is 0 Å². The molecule has 5 atom stereocenters. The predicted molar refractivity (Wildman–Crippen MR) is 235 cm³/mol. The van der Waals surface area contributed by atoms with Crippen molar-refractivity contribution in [3.8, 4) is 28.7 Å². The van der Waals surface area contributed by atoms with Gasteiger partial charge in [0, 0.05) is 53.1 Å². The number of likely N-dealkylation sites (N-methyl/N-ethyl adjacent to an activating group) is 5. The maximum atomic E-state index is 9.87. The number of benzene rings is 5. The van der Waals surface area contributed by atoms with Crippen LogP contribution in [0.5, 0.6) is 28.7 Å². The summed E-state index contributed by atoms with van der Waals surface area (Å²) in [4.78, 5) is 0. The Labute approximate surface area is 380 Å². The highest BCUT2D eigenvalue weighted by Gasteiger charge is 2.09. The standard InChI is InChI=1S/5C9H13NO2/c5*1-10-6-9(12)7-3-2-4-8(11)5-7/h5*2-5,9-12H,6H2,1H3/i1D3,6D2,9D;6D2,9D;1D3,9D;1D3,6D2;9D. The maximum absolute atomic E-state index is 9.87. The molecule has 0 heterocycles. The summed E-state index contributed by atoms with van der Waals surface area (Å²) in [6.07, 6.45) is -10.8. The van der Waals surface area contributed by atoms with Crippen molar-refractivity contribution in [2.24, 2.45) is 0 Å². The van der Waals surface area contributed by atoms with Crippen molar-refractivity contribution in [3.05, 3.63) is 149 Å². The number of phenolic OH excluding ortho intramolecular Hbond substituents is 5. The number of aliphatic hydroxyl groups excluding tert-OH is 1. The molecule has 60 heavy (non-hydrogen) atoms. The van der Waals surface area contributed by atoms with Crippen molar-refractivity contribution in [1.82, 2.24) is 26.6 Å². The molecule has 5 unspecified atom stereocenters. The fourth-order valence-electron chi connectivity index (χ4n) is 4.30. The fraction of sp³-hybridized carbons (Fsp3) is 0.333. The number of phenols is 5. The number of nitrogens with one attached hydrogen (secondary N) is 5. The van der Waals surface area contributed by atoms with E-state index < -0.39 is 77.4 Å². The van der Waals surface area contributed by atoms with E-state index in [4.69, 9.17) is 31.2 Å². The Kier molecular flexibility index (Phi) is 14.9. The lowest BCUT2D eigenvalue weighted by Gasteiger charge is -2.09. The molecule has 0 aliphatic carbocycles. The zero-order valence-electron chi connectivity index (χ0n) is 51.5. The van der Waals surface area contributed by atoms with E-state index in [1.54, 1.807) is 29.8 Å². The molecule has 0 spiro atoms. The molecule has 0 bridgehead atoms. The van der Waals surface area contributed by atoms with E-state index in [0.29, 0.717) is 5.56 Å². The van der Waals surface area contributed by atoms with Crippen LogP contribution in [0.15, 0.2) is 121 Å². The second kappa shape index (κ2) is 30.7. The van der Waals surface area contributed by atoms with Crippen molar-refractivity contribution in [3.63, 3.8) is 0 Å². The van der Waals surface area contributed by atoms with Gasteiger partial charge in [0.05, 0.1) is 35.9 Å². The Bertz CT molecular complexity index is 2660. The lowest BCUT2D eigenvalue weighted by Crippen LogP contribution is -2.16. The van der Waals surface area contributed by atoms with Gasteiger partial charge in [-0.05, 0) is 124 Å². The SMILES string of the molecule is [2H]C(O)(CNC)c1cccc(O)c1.[2H]C([2H])(NC)C([2H])(O)c1cccc(O)c1.[2H]C([2H])([2H])NC([2H])([2H])C(O)c1cccc(O)c1.[2H]C([2H])([2H])NC([2H])([2H])C([2H])(O)c1cccc(O)c1.[2H]C([2H])([2H])NCC([2H])(O)c1cccc(O)c1. The van der Waals surface area contributed by atoms with Crippen molar-refractivity contribution >= 4 is 0 Å². The van der Waals surface area contributed by atoms with Crippen LogP contribution >= 0.6 is 0 Å². The molecule has 0 saturated heterocycles. The Hall–Kier alpha value is -5.30. The minimum atomic E-state index is -2.92. The van der Waals surface area contributed by atoms with Gasteiger partial charge in [0.25, 0.3) is 0 Å². The van der Waals surface area contributed by atoms with E-state index in [2.05, 4.69) is 16.0 Å². The first-order valence-electron chi connectivity index (χ1n) is 26.9.